The van der Waals surface area contributed by atoms with Crippen LogP contribution >= 0.6 is 0 Å². The number of carbonyl (C=O) groups is 1. The first-order valence-electron chi connectivity index (χ1n) is 8.45. The molecule has 1 amide bonds. The minimum absolute atomic E-state index is 0.163. The van der Waals surface area contributed by atoms with E-state index in [9.17, 15) is 4.79 Å². The Kier molecular flexibility index (Phi) is 6.51. The molecular formula is C17H34N2O2. The minimum Gasteiger partial charge on any atom is -0.444 e. The van der Waals surface area contributed by atoms with Crippen LogP contribution in [-0.2, 0) is 4.74 Å². The fraction of sp³-hybridized carbons (Fsp3) is 0.941. The van der Waals surface area contributed by atoms with Crippen molar-refractivity contribution in [2.75, 3.05) is 13.1 Å². The Bertz CT molecular complexity index is 332. The molecule has 1 N–H and O–H groups in total. The number of piperidine rings is 1. The zero-order chi connectivity index (χ0) is 16.1. The molecule has 0 saturated carbocycles. The van der Waals surface area contributed by atoms with Crippen LogP contribution in [0.25, 0.3) is 0 Å². The molecule has 4 nitrogen and oxygen atoms in total. The van der Waals surface area contributed by atoms with Crippen LogP contribution in [0, 0.1) is 0 Å². The Morgan fingerprint density at radius 3 is 2.33 bits per heavy atom. The van der Waals surface area contributed by atoms with Crippen LogP contribution in [0.15, 0.2) is 0 Å². The smallest absolute Gasteiger partial charge is 0.410 e. The van der Waals surface area contributed by atoms with Crippen molar-refractivity contribution in [3.05, 3.63) is 0 Å². The second-order valence-corrected chi connectivity index (χ2v) is 7.47. The fourth-order valence-corrected chi connectivity index (χ4v) is 2.64. The quantitative estimate of drug-likeness (QED) is 0.835. The summed E-state index contributed by atoms with van der Waals surface area (Å²) in [4.78, 5) is 14.3. The normalized spacial score (nSPS) is 20.5. The van der Waals surface area contributed by atoms with Gasteiger partial charge in [0.1, 0.15) is 5.60 Å². The van der Waals surface area contributed by atoms with Gasteiger partial charge in [0.05, 0.1) is 0 Å². The van der Waals surface area contributed by atoms with E-state index < -0.39 is 5.60 Å². The first kappa shape index (κ1) is 18.3. The largest absolute Gasteiger partial charge is 0.444 e. The summed E-state index contributed by atoms with van der Waals surface area (Å²) < 4.78 is 5.55. The third-order valence-corrected chi connectivity index (χ3v) is 4.58. The van der Waals surface area contributed by atoms with E-state index in [-0.39, 0.29) is 17.7 Å². The summed E-state index contributed by atoms with van der Waals surface area (Å²) in [6.45, 7) is 14.1. The van der Waals surface area contributed by atoms with Gasteiger partial charge in [0.2, 0.25) is 0 Å². The summed E-state index contributed by atoms with van der Waals surface area (Å²) in [5.74, 6) is 0. The van der Waals surface area contributed by atoms with E-state index in [0.717, 1.165) is 38.8 Å². The van der Waals surface area contributed by atoms with Crippen molar-refractivity contribution < 1.29 is 9.53 Å². The predicted molar refractivity (Wildman–Crippen MR) is 87.6 cm³/mol. The highest BCUT2D eigenvalue weighted by Crippen LogP contribution is 2.21. The number of rotatable bonds is 5. The van der Waals surface area contributed by atoms with E-state index >= 15 is 0 Å². The summed E-state index contributed by atoms with van der Waals surface area (Å²) in [5.41, 5.74) is -0.259. The molecule has 0 aliphatic carbocycles. The first-order chi connectivity index (χ1) is 9.71. The first-order valence-corrected chi connectivity index (χ1v) is 8.45. The molecule has 1 aliphatic rings. The number of likely N-dealkylation sites (tertiary alicyclic amines) is 1. The number of nitrogens with zero attached hydrogens (tertiary/aromatic N) is 1. The topological polar surface area (TPSA) is 41.6 Å². The maximum atomic E-state index is 12.4. The molecule has 0 aromatic carbocycles. The lowest BCUT2D eigenvalue weighted by molar-refractivity contribution is 0.00900. The molecule has 124 valence electrons. The molecule has 1 atom stereocenters. The van der Waals surface area contributed by atoms with E-state index in [0.29, 0.717) is 0 Å². The summed E-state index contributed by atoms with van der Waals surface area (Å²) in [6.07, 6.45) is 5.37. The molecule has 1 saturated heterocycles. The van der Waals surface area contributed by atoms with Gasteiger partial charge in [-0.3, -0.25) is 0 Å². The molecule has 1 heterocycles. The summed E-state index contributed by atoms with van der Waals surface area (Å²) in [6, 6.07) is 0.256. The lowest BCUT2D eigenvalue weighted by Gasteiger charge is -2.39. The summed E-state index contributed by atoms with van der Waals surface area (Å²) >= 11 is 0. The van der Waals surface area contributed by atoms with Crippen LogP contribution in [0.2, 0.25) is 0 Å². The van der Waals surface area contributed by atoms with Crippen LogP contribution in [0.4, 0.5) is 4.79 Å². The second-order valence-electron chi connectivity index (χ2n) is 7.47. The van der Waals surface area contributed by atoms with Gasteiger partial charge in [-0.05, 0) is 59.8 Å². The Morgan fingerprint density at radius 2 is 1.81 bits per heavy atom. The Morgan fingerprint density at radius 1 is 1.19 bits per heavy atom. The molecule has 0 spiro atoms. The molecule has 1 rings (SSSR count). The second kappa shape index (κ2) is 7.48. The molecular weight excluding hydrogens is 264 g/mol. The molecule has 1 aliphatic heterocycles. The standard InChI is InChI=1S/C17H34N2O2/c1-7-17(6,8-2)18-13-14-11-9-10-12-19(14)15(20)21-16(3,4)5/h14,18H,7-13H2,1-6H3. The Balaban J connectivity index is 2.63. The van der Waals surface area contributed by atoms with Gasteiger partial charge >= 0.3 is 6.09 Å². The molecule has 0 bridgehead atoms. The van der Waals surface area contributed by atoms with Crippen molar-refractivity contribution in [3.63, 3.8) is 0 Å². The molecule has 1 fully saturated rings. The molecule has 4 heteroatoms. The van der Waals surface area contributed by atoms with E-state index in [2.05, 4.69) is 26.1 Å². The molecule has 0 radical (unpaired) electrons. The highest BCUT2D eigenvalue weighted by Gasteiger charge is 2.31. The molecule has 0 aromatic heterocycles. The Hall–Kier alpha value is -0.770. The number of nitrogens with one attached hydrogen (secondary N) is 1. The van der Waals surface area contributed by atoms with Gasteiger partial charge in [0.25, 0.3) is 0 Å². The maximum absolute atomic E-state index is 12.4. The SMILES string of the molecule is CCC(C)(CC)NCC1CCCCN1C(=O)OC(C)(C)C. The van der Waals surface area contributed by atoms with Crippen molar-refractivity contribution in [2.45, 2.75) is 90.8 Å². The van der Waals surface area contributed by atoms with Crippen LogP contribution in [0.5, 0.6) is 0 Å². The zero-order valence-corrected chi connectivity index (χ0v) is 14.8. The van der Waals surface area contributed by atoms with Crippen LogP contribution < -0.4 is 5.32 Å². The summed E-state index contributed by atoms with van der Waals surface area (Å²) in [7, 11) is 0. The maximum Gasteiger partial charge on any atom is 0.410 e. The van der Waals surface area contributed by atoms with E-state index in [1.165, 1.54) is 6.42 Å². The van der Waals surface area contributed by atoms with Crippen molar-refractivity contribution in [1.82, 2.24) is 10.2 Å². The molecule has 0 aromatic rings. The average molecular weight is 298 g/mol. The van der Waals surface area contributed by atoms with Gasteiger partial charge in [-0.2, -0.15) is 0 Å². The van der Waals surface area contributed by atoms with Gasteiger partial charge < -0.3 is 15.0 Å². The van der Waals surface area contributed by atoms with Crippen molar-refractivity contribution in [2.24, 2.45) is 0 Å². The van der Waals surface area contributed by atoms with Gasteiger partial charge in [-0.25, -0.2) is 4.79 Å². The highest BCUT2D eigenvalue weighted by atomic mass is 16.6. The molecule has 1 unspecified atom stereocenters. The fourth-order valence-electron chi connectivity index (χ4n) is 2.64. The van der Waals surface area contributed by atoms with Crippen molar-refractivity contribution in [1.29, 1.82) is 0 Å². The average Bonchev–Trinajstić information content (AvgIpc) is 2.43. The lowest BCUT2D eigenvalue weighted by Crippen LogP contribution is -2.53. The third-order valence-electron chi connectivity index (χ3n) is 4.58. The van der Waals surface area contributed by atoms with Crippen LogP contribution in [0.1, 0.15) is 73.6 Å². The van der Waals surface area contributed by atoms with E-state index in [4.69, 9.17) is 4.74 Å². The van der Waals surface area contributed by atoms with E-state index in [1.807, 2.05) is 25.7 Å². The van der Waals surface area contributed by atoms with Crippen LogP contribution in [-0.4, -0.2) is 41.3 Å². The minimum atomic E-state index is -0.423. The van der Waals surface area contributed by atoms with Gasteiger partial charge in [0.15, 0.2) is 0 Å². The highest BCUT2D eigenvalue weighted by molar-refractivity contribution is 5.68. The lowest BCUT2D eigenvalue weighted by atomic mass is 9.94. The van der Waals surface area contributed by atoms with Crippen LogP contribution in [0.3, 0.4) is 0 Å². The number of carbonyl (C=O) groups excluding carboxylic acids is 1. The number of hydrogen-bond acceptors (Lipinski definition) is 3. The Labute approximate surface area is 130 Å². The monoisotopic (exact) mass is 298 g/mol. The van der Waals surface area contributed by atoms with Crippen molar-refractivity contribution in [3.8, 4) is 0 Å². The van der Waals surface area contributed by atoms with Gasteiger partial charge in [0, 0.05) is 24.7 Å². The number of hydrogen-bond donors (Lipinski definition) is 1. The molecule has 21 heavy (non-hydrogen) atoms. The zero-order valence-electron chi connectivity index (χ0n) is 14.8. The summed E-state index contributed by atoms with van der Waals surface area (Å²) in [5, 5.41) is 3.66. The van der Waals surface area contributed by atoms with Crippen molar-refractivity contribution >= 4 is 6.09 Å². The van der Waals surface area contributed by atoms with E-state index in [1.54, 1.807) is 0 Å². The van der Waals surface area contributed by atoms with Gasteiger partial charge in [-0.15, -0.1) is 0 Å². The van der Waals surface area contributed by atoms with Gasteiger partial charge in [-0.1, -0.05) is 13.8 Å². The number of amides is 1. The third kappa shape index (κ3) is 5.85. The number of ether oxygens (including phenoxy) is 1. The predicted octanol–water partition coefficient (Wildman–Crippen LogP) is 3.94.